The van der Waals surface area contributed by atoms with Crippen molar-refractivity contribution < 1.29 is 14.7 Å². The second-order valence-corrected chi connectivity index (χ2v) is 10.6. The molecule has 0 aromatic heterocycles. The van der Waals surface area contributed by atoms with Crippen LogP contribution < -0.4 is 0 Å². The van der Waals surface area contributed by atoms with Gasteiger partial charge in [0.2, 0.25) is 0 Å². The Morgan fingerprint density at radius 1 is 1.36 bits per heavy atom. The van der Waals surface area contributed by atoms with E-state index in [1.807, 2.05) is 13.8 Å². The molecule has 28 heavy (non-hydrogen) atoms. The standard InChI is InChI=1S/C25H38O3/c1-16(15-26)7-6-8-17(2)19-11-12-24(4)13-21-23(18(3)9-10-20(19)24)22(27)14-25(21,5)28/h7,9,15,17,19-21,23,28H,6,8,10-14H2,1-5H3/b16-7-,18-9-/t17?,19-,20?,21+,23-,24-,25-/m1/s1. The highest BCUT2D eigenvalue weighted by atomic mass is 16.3. The van der Waals surface area contributed by atoms with E-state index in [9.17, 15) is 14.7 Å². The zero-order chi connectivity index (χ0) is 20.7. The van der Waals surface area contributed by atoms with Crippen molar-refractivity contribution in [2.75, 3.05) is 0 Å². The highest BCUT2D eigenvalue weighted by molar-refractivity contribution is 5.87. The van der Waals surface area contributed by atoms with Gasteiger partial charge in [-0.15, -0.1) is 0 Å². The summed E-state index contributed by atoms with van der Waals surface area (Å²) in [5.41, 5.74) is 1.33. The second kappa shape index (κ2) is 7.89. The summed E-state index contributed by atoms with van der Waals surface area (Å²) in [5, 5.41) is 11.0. The molecule has 2 saturated carbocycles. The summed E-state index contributed by atoms with van der Waals surface area (Å²) < 4.78 is 0. The van der Waals surface area contributed by atoms with Gasteiger partial charge < -0.3 is 5.11 Å². The van der Waals surface area contributed by atoms with Crippen LogP contribution in [0.4, 0.5) is 0 Å². The maximum atomic E-state index is 12.6. The fraction of sp³-hybridized carbons (Fsp3) is 0.760. The van der Waals surface area contributed by atoms with E-state index in [2.05, 4.69) is 32.9 Å². The minimum Gasteiger partial charge on any atom is -0.389 e. The van der Waals surface area contributed by atoms with Gasteiger partial charge in [0.25, 0.3) is 0 Å². The largest absolute Gasteiger partial charge is 0.389 e. The molecular weight excluding hydrogens is 348 g/mol. The Hall–Kier alpha value is -1.22. The highest BCUT2D eigenvalue weighted by Gasteiger charge is 2.56. The molecule has 0 spiro atoms. The van der Waals surface area contributed by atoms with Crippen LogP contribution in [0.15, 0.2) is 23.3 Å². The topological polar surface area (TPSA) is 54.4 Å². The number of fused-ring (bicyclic) bond motifs is 2. The van der Waals surface area contributed by atoms with Gasteiger partial charge in [0.05, 0.1) is 5.60 Å². The van der Waals surface area contributed by atoms with E-state index in [1.165, 1.54) is 18.4 Å². The number of hydrogen-bond donors (Lipinski definition) is 1. The van der Waals surface area contributed by atoms with Crippen LogP contribution in [-0.4, -0.2) is 22.8 Å². The van der Waals surface area contributed by atoms with Crippen LogP contribution in [0.3, 0.4) is 0 Å². The van der Waals surface area contributed by atoms with Gasteiger partial charge in [0, 0.05) is 18.3 Å². The van der Waals surface area contributed by atoms with Crippen LogP contribution in [0, 0.1) is 35.0 Å². The Morgan fingerprint density at radius 2 is 2.07 bits per heavy atom. The maximum absolute atomic E-state index is 12.6. The Morgan fingerprint density at radius 3 is 2.75 bits per heavy atom. The zero-order valence-corrected chi connectivity index (χ0v) is 18.3. The molecule has 2 unspecified atom stereocenters. The second-order valence-electron chi connectivity index (χ2n) is 10.6. The third-order valence-corrected chi connectivity index (χ3v) is 8.42. The molecule has 2 fully saturated rings. The molecule has 0 saturated heterocycles. The Kier molecular flexibility index (Phi) is 6.06. The van der Waals surface area contributed by atoms with Crippen LogP contribution in [0.1, 0.15) is 79.6 Å². The molecule has 3 nitrogen and oxygen atoms in total. The summed E-state index contributed by atoms with van der Waals surface area (Å²) >= 11 is 0. The maximum Gasteiger partial charge on any atom is 0.145 e. The molecule has 0 bridgehead atoms. The van der Waals surface area contributed by atoms with Gasteiger partial charge >= 0.3 is 0 Å². The molecule has 0 amide bonds. The first-order chi connectivity index (χ1) is 13.1. The van der Waals surface area contributed by atoms with Gasteiger partial charge in [0.15, 0.2) is 0 Å². The van der Waals surface area contributed by atoms with Gasteiger partial charge in [-0.1, -0.05) is 31.6 Å². The van der Waals surface area contributed by atoms with E-state index in [0.29, 0.717) is 24.2 Å². The van der Waals surface area contributed by atoms with Crippen LogP contribution >= 0.6 is 0 Å². The molecule has 0 heterocycles. The number of allylic oxidation sites excluding steroid dienone is 4. The number of ketones is 1. The normalized spacial score (nSPS) is 44.1. The van der Waals surface area contributed by atoms with Gasteiger partial charge in [-0.3, -0.25) is 9.59 Å². The van der Waals surface area contributed by atoms with Crippen LogP contribution in [0.25, 0.3) is 0 Å². The summed E-state index contributed by atoms with van der Waals surface area (Å²) in [7, 11) is 0. The predicted octanol–water partition coefficient (Wildman–Crippen LogP) is 5.28. The van der Waals surface area contributed by atoms with E-state index >= 15 is 0 Å². The van der Waals surface area contributed by atoms with Gasteiger partial charge in [0.1, 0.15) is 12.1 Å². The number of carbonyl (C=O) groups is 2. The summed E-state index contributed by atoms with van der Waals surface area (Å²) in [5.74, 6) is 2.11. The first-order valence-electron chi connectivity index (χ1n) is 11.1. The van der Waals surface area contributed by atoms with Crippen molar-refractivity contribution in [2.24, 2.45) is 35.0 Å². The van der Waals surface area contributed by atoms with Crippen molar-refractivity contribution >= 4 is 12.1 Å². The molecule has 0 radical (unpaired) electrons. The Labute approximate surface area is 170 Å². The molecule has 3 aliphatic carbocycles. The van der Waals surface area contributed by atoms with Crippen molar-refractivity contribution in [3.63, 3.8) is 0 Å². The lowest BCUT2D eigenvalue weighted by Gasteiger charge is -2.43. The average molecular weight is 387 g/mol. The first kappa shape index (κ1) is 21.5. The molecular formula is C25H38O3. The number of rotatable bonds is 5. The van der Waals surface area contributed by atoms with Crippen LogP contribution in [0.2, 0.25) is 0 Å². The van der Waals surface area contributed by atoms with Gasteiger partial charge in [-0.2, -0.15) is 0 Å². The molecule has 7 atom stereocenters. The SMILES string of the molecule is C/C(C=O)=C/CCC(C)[C@H]1CC[C@]2(C)C[C@H]3[C@H](C(=O)C[C@@]3(C)O)/C(C)=C\CC12. The Balaban J connectivity index is 1.80. The minimum atomic E-state index is -0.872. The van der Waals surface area contributed by atoms with Crippen molar-refractivity contribution in [3.8, 4) is 0 Å². The zero-order valence-electron chi connectivity index (χ0n) is 18.3. The summed E-state index contributed by atoms with van der Waals surface area (Å²) in [6.45, 7) is 10.6. The number of hydrogen-bond acceptors (Lipinski definition) is 3. The quantitative estimate of drug-likeness (QED) is 0.397. The monoisotopic (exact) mass is 386 g/mol. The van der Waals surface area contributed by atoms with Crippen molar-refractivity contribution in [1.29, 1.82) is 0 Å². The lowest BCUT2D eigenvalue weighted by Crippen LogP contribution is -2.40. The molecule has 3 heteroatoms. The van der Waals surface area contributed by atoms with Gasteiger partial charge in [-0.25, -0.2) is 0 Å². The number of aldehydes is 1. The third kappa shape index (κ3) is 3.92. The highest BCUT2D eigenvalue weighted by Crippen LogP contribution is 2.59. The van der Waals surface area contributed by atoms with Crippen LogP contribution in [0.5, 0.6) is 0 Å². The number of Topliss-reactive ketones (excluding diaryl/α,β-unsaturated/α-hetero) is 1. The number of carbonyl (C=O) groups excluding carboxylic acids is 2. The van der Waals surface area contributed by atoms with Crippen LogP contribution in [-0.2, 0) is 9.59 Å². The molecule has 0 aliphatic heterocycles. The van der Waals surface area contributed by atoms with E-state index in [4.69, 9.17) is 0 Å². The summed E-state index contributed by atoms with van der Waals surface area (Å²) in [6.07, 6.45) is 12.1. The molecule has 156 valence electrons. The average Bonchev–Trinajstić information content (AvgIpc) is 3.04. The minimum absolute atomic E-state index is 0.0521. The predicted molar refractivity (Wildman–Crippen MR) is 113 cm³/mol. The van der Waals surface area contributed by atoms with Gasteiger partial charge in [-0.05, 0) is 88.0 Å². The fourth-order valence-electron chi connectivity index (χ4n) is 6.66. The van der Waals surface area contributed by atoms with E-state index in [-0.39, 0.29) is 23.0 Å². The summed E-state index contributed by atoms with van der Waals surface area (Å²) in [6, 6.07) is 0. The third-order valence-electron chi connectivity index (χ3n) is 8.42. The van der Waals surface area contributed by atoms with Crippen molar-refractivity contribution in [1.82, 2.24) is 0 Å². The van der Waals surface area contributed by atoms with E-state index < -0.39 is 5.60 Å². The fourth-order valence-corrected chi connectivity index (χ4v) is 6.66. The van der Waals surface area contributed by atoms with Crippen molar-refractivity contribution in [2.45, 2.75) is 85.2 Å². The molecule has 3 rings (SSSR count). The number of aliphatic hydroxyl groups is 1. The molecule has 0 aromatic rings. The first-order valence-corrected chi connectivity index (χ1v) is 11.1. The molecule has 1 N–H and O–H groups in total. The van der Waals surface area contributed by atoms with E-state index in [0.717, 1.165) is 37.5 Å². The Bertz CT molecular complexity index is 686. The van der Waals surface area contributed by atoms with Crippen molar-refractivity contribution in [3.05, 3.63) is 23.3 Å². The molecule has 0 aromatic carbocycles. The lowest BCUT2D eigenvalue weighted by molar-refractivity contribution is -0.120. The smallest absolute Gasteiger partial charge is 0.145 e. The lowest BCUT2D eigenvalue weighted by atomic mass is 9.62. The molecule has 3 aliphatic rings. The summed E-state index contributed by atoms with van der Waals surface area (Å²) in [4.78, 5) is 23.5. The van der Waals surface area contributed by atoms with E-state index in [1.54, 1.807) is 0 Å².